The monoisotopic (exact) mass is 333 g/mol. The number of rotatable bonds is 8. The van der Waals surface area contributed by atoms with Crippen molar-refractivity contribution in [1.29, 1.82) is 0 Å². The first-order valence-electron chi connectivity index (χ1n) is 8.84. The van der Waals surface area contributed by atoms with E-state index in [4.69, 9.17) is 4.74 Å². The van der Waals surface area contributed by atoms with E-state index in [-0.39, 0.29) is 24.0 Å². The number of ether oxygens (including phenoxy) is 1. The molecule has 1 aromatic rings. The Morgan fingerprint density at radius 3 is 2.92 bits per heavy atom. The number of carbonyl (C=O) groups excluding carboxylic acids is 1. The highest BCUT2D eigenvalue weighted by atomic mass is 16.5. The third kappa shape index (κ3) is 4.71. The van der Waals surface area contributed by atoms with Gasteiger partial charge in [-0.2, -0.15) is 0 Å². The highest BCUT2D eigenvalue weighted by Gasteiger charge is 2.34. The van der Waals surface area contributed by atoms with Crippen LogP contribution >= 0.6 is 0 Å². The number of anilines is 1. The Balaban J connectivity index is 1.90. The van der Waals surface area contributed by atoms with Crippen LogP contribution < -0.4 is 10.6 Å². The van der Waals surface area contributed by atoms with Crippen LogP contribution in [0.4, 0.5) is 5.69 Å². The van der Waals surface area contributed by atoms with E-state index in [0.717, 1.165) is 31.5 Å². The lowest BCUT2D eigenvalue weighted by molar-refractivity contribution is -0.138. The van der Waals surface area contributed by atoms with Crippen LogP contribution in [0.15, 0.2) is 24.3 Å². The molecule has 1 aromatic carbocycles. The van der Waals surface area contributed by atoms with E-state index >= 15 is 0 Å². The number of nitrogens with one attached hydrogen (secondary N) is 2. The fourth-order valence-corrected chi connectivity index (χ4v) is 3.49. The zero-order valence-electron chi connectivity index (χ0n) is 15.3. The number of benzene rings is 1. The standard InChI is InChI=1S/C19H31N3O2/c1-14(18(24-4)17-9-6-11-21-17)19(23)22(3)12-10-15-7-5-8-16(13-15)20-2/h5,7-8,13-14,17-18,20-21H,6,9-12H2,1-4H3. The van der Waals surface area contributed by atoms with Crippen molar-refractivity contribution in [1.82, 2.24) is 10.2 Å². The largest absolute Gasteiger partial charge is 0.388 e. The van der Waals surface area contributed by atoms with Gasteiger partial charge in [0.25, 0.3) is 0 Å². The second-order valence-electron chi connectivity index (χ2n) is 6.65. The van der Waals surface area contributed by atoms with Gasteiger partial charge < -0.3 is 20.3 Å². The molecule has 0 aliphatic carbocycles. The lowest BCUT2D eigenvalue weighted by Gasteiger charge is -2.30. The summed E-state index contributed by atoms with van der Waals surface area (Å²) in [7, 11) is 5.51. The van der Waals surface area contributed by atoms with Gasteiger partial charge in [-0.25, -0.2) is 0 Å². The Morgan fingerprint density at radius 2 is 2.29 bits per heavy atom. The summed E-state index contributed by atoms with van der Waals surface area (Å²) in [6.07, 6.45) is 3.03. The molecule has 1 heterocycles. The average Bonchev–Trinajstić information content (AvgIpc) is 3.14. The Hall–Kier alpha value is -1.59. The smallest absolute Gasteiger partial charge is 0.227 e. The summed E-state index contributed by atoms with van der Waals surface area (Å²) in [5.74, 6) is 0.0135. The molecule has 1 aliphatic heterocycles. The fraction of sp³-hybridized carbons (Fsp3) is 0.632. The summed E-state index contributed by atoms with van der Waals surface area (Å²) >= 11 is 0. The molecular weight excluding hydrogens is 302 g/mol. The maximum Gasteiger partial charge on any atom is 0.227 e. The quantitative estimate of drug-likeness (QED) is 0.765. The molecule has 24 heavy (non-hydrogen) atoms. The van der Waals surface area contributed by atoms with Crippen molar-refractivity contribution in [2.75, 3.05) is 39.6 Å². The number of hydrogen-bond donors (Lipinski definition) is 2. The molecule has 1 amide bonds. The molecule has 134 valence electrons. The van der Waals surface area contributed by atoms with Gasteiger partial charge in [-0.1, -0.05) is 19.1 Å². The minimum Gasteiger partial charge on any atom is -0.388 e. The average molecular weight is 333 g/mol. The predicted octanol–water partition coefficient (Wildman–Crippen LogP) is 2.13. The molecular formula is C19H31N3O2. The van der Waals surface area contributed by atoms with Gasteiger partial charge in [-0.05, 0) is 43.5 Å². The maximum atomic E-state index is 12.8. The second-order valence-corrected chi connectivity index (χ2v) is 6.65. The highest BCUT2D eigenvalue weighted by molar-refractivity contribution is 5.79. The molecule has 3 atom stereocenters. The number of carbonyl (C=O) groups is 1. The molecule has 3 unspecified atom stereocenters. The summed E-state index contributed by atoms with van der Waals surface area (Å²) in [5, 5.41) is 6.60. The Labute approximate surface area is 145 Å². The molecule has 0 saturated carbocycles. The molecule has 0 aromatic heterocycles. The van der Waals surface area contributed by atoms with E-state index in [1.165, 1.54) is 5.56 Å². The molecule has 0 radical (unpaired) electrons. The van der Waals surface area contributed by atoms with E-state index in [2.05, 4.69) is 22.8 Å². The van der Waals surface area contributed by atoms with Gasteiger partial charge in [0.2, 0.25) is 5.91 Å². The first kappa shape index (κ1) is 18.7. The van der Waals surface area contributed by atoms with Crippen molar-refractivity contribution in [3.05, 3.63) is 29.8 Å². The van der Waals surface area contributed by atoms with E-state index in [1.54, 1.807) is 7.11 Å². The predicted molar refractivity (Wildman–Crippen MR) is 98.3 cm³/mol. The van der Waals surface area contributed by atoms with Crippen molar-refractivity contribution in [3.63, 3.8) is 0 Å². The summed E-state index contributed by atoms with van der Waals surface area (Å²) in [6, 6.07) is 8.59. The van der Waals surface area contributed by atoms with Crippen molar-refractivity contribution in [2.45, 2.75) is 38.3 Å². The van der Waals surface area contributed by atoms with Crippen molar-refractivity contribution in [2.24, 2.45) is 5.92 Å². The zero-order valence-corrected chi connectivity index (χ0v) is 15.3. The molecule has 1 saturated heterocycles. The van der Waals surface area contributed by atoms with Crippen LogP contribution in [0.25, 0.3) is 0 Å². The number of nitrogens with zero attached hydrogens (tertiary/aromatic N) is 1. The van der Waals surface area contributed by atoms with Gasteiger partial charge in [-0.15, -0.1) is 0 Å². The van der Waals surface area contributed by atoms with Crippen LogP contribution in [0.3, 0.4) is 0 Å². The van der Waals surface area contributed by atoms with Crippen LogP contribution in [0.1, 0.15) is 25.3 Å². The van der Waals surface area contributed by atoms with Gasteiger partial charge in [0.1, 0.15) is 0 Å². The van der Waals surface area contributed by atoms with E-state index in [0.29, 0.717) is 6.54 Å². The highest BCUT2D eigenvalue weighted by Crippen LogP contribution is 2.20. The summed E-state index contributed by atoms with van der Waals surface area (Å²) in [5.41, 5.74) is 2.33. The number of methoxy groups -OCH3 is 1. The van der Waals surface area contributed by atoms with Crippen molar-refractivity contribution >= 4 is 11.6 Å². The minimum atomic E-state index is -0.140. The first-order chi connectivity index (χ1) is 11.6. The summed E-state index contributed by atoms with van der Waals surface area (Å²) in [4.78, 5) is 14.6. The van der Waals surface area contributed by atoms with Crippen LogP contribution in [-0.4, -0.2) is 57.2 Å². The number of hydrogen-bond acceptors (Lipinski definition) is 4. The van der Waals surface area contributed by atoms with E-state index < -0.39 is 0 Å². The number of likely N-dealkylation sites (N-methyl/N-ethyl adjacent to an activating group) is 1. The molecule has 2 N–H and O–H groups in total. The first-order valence-corrected chi connectivity index (χ1v) is 8.84. The van der Waals surface area contributed by atoms with Crippen LogP contribution in [-0.2, 0) is 16.0 Å². The van der Waals surface area contributed by atoms with Crippen molar-refractivity contribution in [3.8, 4) is 0 Å². The Kier molecular flexibility index (Phi) is 7.06. The normalized spacial score (nSPS) is 19.8. The van der Waals surface area contributed by atoms with Gasteiger partial charge in [-0.3, -0.25) is 4.79 Å². The van der Waals surface area contributed by atoms with E-state index in [1.807, 2.05) is 38.1 Å². The topological polar surface area (TPSA) is 53.6 Å². The maximum absolute atomic E-state index is 12.8. The molecule has 0 bridgehead atoms. The van der Waals surface area contributed by atoms with Crippen LogP contribution in [0.5, 0.6) is 0 Å². The van der Waals surface area contributed by atoms with Gasteiger partial charge >= 0.3 is 0 Å². The van der Waals surface area contributed by atoms with Gasteiger partial charge in [0.05, 0.1) is 12.0 Å². The summed E-state index contributed by atoms with van der Waals surface area (Å²) in [6.45, 7) is 3.71. The summed E-state index contributed by atoms with van der Waals surface area (Å²) < 4.78 is 5.64. The molecule has 1 aliphatic rings. The third-order valence-electron chi connectivity index (χ3n) is 4.98. The zero-order chi connectivity index (χ0) is 17.5. The second kappa shape index (κ2) is 9.04. The SMILES string of the molecule is CNc1cccc(CCN(C)C(=O)C(C)C(OC)C2CCCN2)c1. The van der Waals surface area contributed by atoms with E-state index in [9.17, 15) is 4.79 Å². The van der Waals surface area contributed by atoms with Gasteiger partial charge in [0.15, 0.2) is 0 Å². The Morgan fingerprint density at radius 1 is 1.50 bits per heavy atom. The molecule has 2 rings (SSSR count). The lowest BCUT2D eigenvalue weighted by atomic mass is 9.95. The molecule has 5 heteroatoms. The lowest BCUT2D eigenvalue weighted by Crippen LogP contribution is -2.47. The fourth-order valence-electron chi connectivity index (χ4n) is 3.49. The van der Waals surface area contributed by atoms with Crippen molar-refractivity contribution < 1.29 is 9.53 Å². The minimum absolute atomic E-state index is 0.0601. The molecule has 0 spiro atoms. The van der Waals surface area contributed by atoms with Crippen LogP contribution in [0.2, 0.25) is 0 Å². The molecule has 5 nitrogen and oxygen atoms in total. The third-order valence-corrected chi connectivity index (χ3v) is 4.98. The van der Waals surface area contributed by atoms with Crippen LogP contribution in [0, 0.1) is 5.92 Å². The molecule has 1 fully saturated rings. The Bertz CT molecular complexity index is 529. The number of amides is 1. The van der Waals surface area contributed by atoms with Gasteiger partial charge in [0, 0.05) is 39.5 Å².